The first-order valence-electron chi connectivity index (χ1n) is 5.92. The lowest BCUT2D eigenvalue weighted by Crippen LogP contribution is -2.35. The van der Waals surface area contributed by atoms with Crippen molar-refractivity contribution < 1.29 is 13.2 Å². The van der Waals surface area contributed by atoms with Crippen LogP contribution in [0.4, 0.5) is 13.2 Å². The largest absolute Gasteiger partial charge is 0.434 e. The van der Waals surface area contributed by atoms with Gasteiger partial charge in [-0.1, -0.05) is 0 Å². The molecule has 2 N–H and O–H groups in total. The zero-order valence-electron chi connectivity index (χ0n) is 10.9. The Hall–Kier alpha value is -0.580. The fourth-order valence-electron chi connectivity index (χ4n) is 1.58. The fraction of sp³-hybridized carbons (Fsp3) is 0.636. The highest BCUT2D eigenvalue weighted by Gasteiger charge is 2.33. The zero-order valence-corrected chi connectivity index (χ0v) is 14.0. The molecular weight excluding hydrogens is 404 g/mol. The summed E-state index contributed by atoms with van der Waals surface area (Å²) in [6.45, 7) is 0.355. The molecule has 1 aliphatic carbocycles. The number of halogens is 4. The Morgan fingerprint density at radius 1 is 1.55 bits per heavy atom. The van der Waals surface area contributed by atoms with Crippen molar-refractivity contribution in [2.75, 3.05) is 13.6 Å². The maximum Gasteiger partial charge on any atom is 0.434 e. The van der Waals surface area contributed by atoms with E-state index in [2.05, 4.69) is 9.98 Å². The van der Waals surface area contributed by atoms with Crippen LogP contribution in [0.15, 0.2) is 10.4 Å². The van der Waals surface area contributed by atoms with Gasteiger partial charge in [0.25, 0.3) is 0 Å². The summed E-state index contributed by atoms with van der Waals surface area (Å²) in [5, 5.41) is 1.46. The van der Waals surface area contributed by atoms with Gasteiger partial charge in [-0.15, -0.1) is 35.3 Å². The minimum Gasteiger partial charge on any atom is -0.370 e. The summed E-state index contributed by atoms with van der Waals surface area (Å²) in [6, 6.07) is 0.473. The van der Waals surface area contributed by atoms with Crippen molar-refractivity contribution in [3.63, 3.8) is 0 Å². The number of rotatable bonds is 4. The third-order valence-electron chi connectivity index (χ3n) is 2.90. The maximum absolute atomic E-state index is 12.3. The van der Waals surface area contributed by atoms with Gasteiger partial charge in [-0.2, -0.15) is 13.2 Å². The van der Waals surface area contributed by atoms with Crippen LogP contribution in [-0.4, -0.2) is 35.5 Å². The SMILES string of the molecule is CN(C(N)=NCCc1nc(C(F)(F)F)cs1)C1CC1.I. The predicted octanol–water partition coefficient (Wildman–Crippen LogP) is 2.73. The molecule has 0 radical (unpaired) electrons. The van der Waals surface area contributed by atoms with Gasteiger partial charge in [0.15, 0.2) is 11.7 Å². The van der Waals surface area contributed by atoms with Gasteiger partial charge in [0.1, 0.15) is 0 Å². The van der Waals surface area contributed by atoms with Crippen molar-refractivity contribution in [3.8, 4) is 0 Å². The van der Waals surface area contributed by atoms with Crippen molar-refractivity contribution in [3.05, 3.63) is 16.1 Å². The number of aliphatic imine (C=N–C) groups is 1. The Bertz CT molecular complexity index is 470. The van der Waals surface area contributed by atoms with Crippen LogP contribution in [0.5, 0.6) is 0 Å². The first-order valence-corrected chi connectivity index (χ1v) is 6.80. The van der Waals surface area contributed by atoms with Crippen LogP contribution in [0, 0.1) is 0 Å². The Morgan fingerprint density at radius 2 is 2.20 bits per heavy atom. The Morgan fingerprint density at radius 3 is 2.70 bits per heavy atom. The van der Waals surface area contributed by atoms with Crippen molar-refractivity contribution in [2.24, 2.45) is 10.7 Å². The van der Waals surface area contributed by atoms with Crippen LogP contribution >= 0.6 is 35.3 Å². The molecule has 1 aromatic heterocycles. The molecule has 0 amide bonds. The van der Waals surface area contributed by atoms with Gasteiger partial charge in [-0.25, -0.2) is 4.98 Å². The highest BCUT2D eigenvalue weighted by Crippen LogP contribution is 2.30. The van der Waals surface area contributed by atoms with E-state index >= 15 is 0 Å². The molecule has 1 heterocycles. The standard InChI is InChI=1S/C11H15F3N4S.HI/c1-18(7-2-3-7)10(15)16-5-4-9-17-8(6-19-9)11(12,13)14;/h6-7H,2-5H2,1H3,(H2,15,16);1H. The normalized spacial score (nSPS) is 15.9. The predicted molar refractivity (Wildman–Crippen MR) is 83.5 cm³/mol. The second kappa shape index (κ2) is 6.92. The number of hydrogen-bond acceptors (Lipinski definition) is 3. The highest BCUT2D eigenvalue weighted by molar-refractivity contribution is 14.0. The summed E-state index contributed by atoms with van der Waals surface area (Å²) in [4.78, 5) is 9.60. The second-order valence-electron chi connectivity index (χ2n) is 4.46. The van der Waals surface area contributed by atoms with E-state index in [1.807, 2.05) is 11.9 Å². The van der Waals surface area contributed by atoms with E-state index in [1.165, 1.54) is 0 Å². The smallest absolute Gasteiger partial charge is 0.370 e. The molecule has 0 saturated heterocycles. The number of aromatic nitrogens is 1. The van der Waals surface area contributed by atoms with Crippen LogP contribution in [0.25, 0.3) is 0 Å². The van der Waals surface area contributed by atoms with E-state index in [0.29, 0.717) is 30.0 Å². The maximum atomic E-state index is 12.3. The minimum atomic E-state index is -4.37. The van der Waals surface area contributed by atoms with Crippen molar-refractivity contribution in [2.45, 2.75) is 31.5 Å². The van der Waals surface area contributed by atoms with E-state index in [4.69, 9.17) is 5.73 Å². The molecule has 1 aromatic rings. The zero-order chi connectivity index (χ0) is 14.0. The van der Waals surface area contributed by atoms with Crippen LogP contribution in [0.1, 0.15) is 23.5 Å². The summed E-state index contributed by atoms with van der Waals surface area (Å²) in [5.74, 6) is 0.440. The quantitative estimate of drug-likeness (QED) is 0.463. The van der Waals surface area contributed by atoms with E-state index in [9.17, 15) is 13.2 Å². The van der Waals surface area contributed by atoms with Crippen LogP contribution < -0.4 is 5.73 Å². The molecule has 1 fully saturated rings. The number of guanidine groups is 1. The van der Waals surface area contributed by atoms with Crippen LogP contribution in [0.3, 0.4) is 0 Å². The van der Waals surface area contributed by atoms with Gasteiger partial charge in [0.05, 0.1) is 5.01 Å². The minimum absolute atomic E-state index is 0. The molecule has 0 aliphatic heterocycles. The van der Waals surface area contributed by atoms with E-state index in [-0.39, 0.29) is 24.0 Å². The number of hydrogen-bond donors (Lipinski definition) is 1. The molecule has 4 nitrogen and oxygen atoms in total. The summed E-state index contributed by atoms with van der Waals surface area (Å²) in [6.07, 6.45) is -1.76. The van der Waals surface area contributed by atoms with Crippen LogP contribution in [-0.2, 0) is 12.6 Å². The summed E-state index contributed by atoms with van der Waals surface area (Å²) in [5.41, 5.74) is 4.94. The van der Waals surface area contributed by atoms with Crippen molar-refractivity contribution in [1.82, 2.24) is 9.88 Å². The molecule has 1 aliphatic rings. The molecule has 0 aromatic carbocycles. The topological polar surface area (TPSA) is 54.5 Å². The lowest BCUT2D eigenvalue weighted by molar-refractivity contribution is -0.140. The summed E-state index contributed by atoms with van der Waals surface area (Å²) >= 11 is 1.00. The molecule has 1 saturated carbocycles. The number of nitrogens with zero attached hydrogens (tertiary/aromatic N) is 3. The monoisotopic (exact) mass is 420 g/mol. The molecule has 20 heavy (non-hydrogen) atoms. The van der Waals surface area contributed by atoms with Crippen LogP contribution in [0.2, 0.25) is 0 Å². The fourth-order valence-corrected chi connectivity index (χ4v) is 2.38. The van der Waals surface area contributed by atoms with Crippen molar-refractivity contribution >= 4 is 41.3 Å². The van der Waals surface area contributed by atoms with E-state index < -0.39 is 11.9 Å². The first kappa shape index (κ1) is 17.5. The molecule has 9 heteroatoms. The molecule has 0 unspecified atom stereocenters. The molecule has 0 bridgehead atoms. The lowest BCUT2D eigenvalue weighted by atomic mass is 10.4. The van der Waals surface area contributed by atoms with Gasteiger partial charge in [-0.05, 0) is 12.8 Å². The Labute approximate surface area is 136 Å². The number of thiazole rings is 1. The third-order valence-corrected chi connectivity index (χ3v) is 3.81. The van der Waals surface area contributed by atoms with Crippen molar-refractivity contribution in [1.29, 1.82) is 0 Å². The number of nitrogens with two attached hydrogens (primary N) is 1. The molecule has 114 valence electrons. The average molecular weight is 420 g/mol. The Balaban J connectivity index is 0.00000200. The molecular formula is C11H16F3IN4S. The third kappa shape index (κ3) is 4.76. The molecule has 2 rings (SSSR count). The molecule has 0 spiro atoms. The van der Waals surface area contributed by atoms with Gasteiger partial charge < -0.3 is 10.6 Å². The van der Waals surface area contributed by atoms with Gasteiger partial charge >= 0.3 is 6.18 Å². The highest BCUT2D eigenvalue weighted by atomic mass is 127. The van der Waals surface area contributed by atoms with E-state index in [1.54, 1.807) is 0 Å². The molecule has 0 atom stereocenters. The lowest BCUT2D eigenvalue weighted by Gasteiger charge is -2.16. The van der Waals surface area contributed by atoms with Gasteiger partial charge in [-0.3, -0.25) is 4.99 Å². The van der Waals surface area contributed by atoms with Gasteiger partial charge in [0, 0.05) is 31.4 Å². The van der Waals surface area contributed by atoms with Gasteiger partial charge in [0.2, 0.25) is 0 Å². The van der Waals surface area contributed by atoms with E-state index in [0.717, 1.165) is 29.6 Å². The summed E-state index contributed by atoms with van der Waals surface area (Å²) < 4.78 is 37.0. The first-order chi connectivity index (χ1) is 8.88. The average Bonchev–Trinajstić information content (AvgIpc) is 3.06. The second-order valence-corrected chi connectivity index (χ2v) is 5.40. The Kier molecular flexibility index (Phi) is 6.05. The number of alkyl halides is 3. The summed E-state index contributed by atoms with van der Waals surface area (Å²) in [7, 11) is 1.88.